The molecule has 2 aliphatic heterocycles. The number of benzene rings is 1. The predicted molar refractivity (Wildman–Crippen MR) is 122 cm³/mol. The van der Waals surface area contributed by atoms with Gasteiger partial charge < -0.3 is 15.1 Å². The number of anilines is 1. The number of carbonyl (C=O) groups excluding carboxylic acids is 3. The number of hydrogen-bond donors (Lipinski definition) is 2. The van der Waals surface area contributed by atoms with Crippen LogP contribution >= 0.6 is 23.2 Å². The number of carbonyl (C=O) groups is 3. The molecule has 0 aliphatic carbocycles. The summed E-state index contributed by atoms with van der Waals surface area (Å²) in [7, 11) is 0. The van der Waals surface area contributed by atoms with Crippen LogP contribution in [-0.4, -0.2) is 53.4 Å². The molecule has 4 rings (SSSR count). The summed E-state index contributed by atoms with van der Waals surface area (Å²) < 4.78 is 0. The number of hydrogen-bond acceptors (Lipinski definition) is 5. The van der Waals surface area contributed by atoms with Gasteiger partial charge in [-0.15, -0.1) is 0 Å². The highest BCUT2D eigenvalue weighted by Gasteiger charge is 2.49. The van der Waals surface area contributed by atoms with Gasteiger partial charge in [-0.05, 0) is 43.7 Å². The molecule has 2 saturated heterocycles. The van der Waals surface area contributed by atoms with Gasteiger partial charge in [-0.1, -0.05) is 29.3 Å². The lowest BCUT2D eigenvalue weighted by atomic mass is 9.88. The van der Waals surface area contributed by atoms with E-state index in [1.165, 1.54) is 0 Å². The van der Waals surface area contributed by atoms with Gasteiger partial charge in [-0.2, -0.15) is 0 Å². The zero-order valence-electron chi connectivity index (χ0n) is 17.5. The van der Waals surface area contributed by atoms with Crippen molar-refractivity contribution >= 4 is 46.7 Å². The normalized spacial score (nSPS) is 23.2. The standard InChI is InChI=1S/C22H23Cl2N5O3/c1-14-13-28(10-11-29(14)15-5-6-16(23)17(24)12-15)19(30)7-8-22(18-4-2-3-9-25-18)20(31)26-21(32)27-22/h2-6,9,12,14H,7-8,10-11,13H2,1H3,(H2,26,27,31,32)/t14-,22?/m0/s1. The van der Waals surface area contributed by atoms with E-state index < -0.39 is 17.5 Å². The molecule has 168 valence electrons. The van der Waals surface area contributed by atoms with E-state index in [1.54, 1.807) is 35.4 Å². The van der Waals surface area contributed by atoms with Crippen LogP contribution in [0, 0.1) is 0 Å². The molecule has 10 heteroatoms. The molecule has 0 spiro atoms. The summed E-state index contributed by atoms with van der Waals surface area (Å²) in [6.45, 7) is 3.77. The molecule has 0 bridgehead atoms. The molecule has 2 fully saturated rings. The zero-order valence-corrected chi connectivity index (χ0v) is 19.0. The van der Waals surface area contributed by atoms with E-state index in [0.29, 0.717) is 35.4 Å². The average Bonchev–Trinajstić information content (AvgIpc) is 3.08. The quantitative estimate of drug-likeness (QED) is 0.648. The lowest BCUT2D eigenvalue weighted by Crippen LogP contribution is -2.54. The van der Waals surface area contributed by atoms with E-state index in [4.69, 9.17) is 23.2 Å². The summed E-state index contributed by atoms with van der Waals surface area (Å²) in [4.78, 5) is 45.7. The summed E-state index contributed by atoms with van der Waals surface area (Å²) >= 11 is 12.2. The molecule has 2 atom stereocenters. The summed E-state index contributed by atoms with van der Waals surface area (Å²) in [6, 6.07) is 10.1. The van der Waals surface area contributed by atoms with Crippen molar-refractivity contribution in [1.29, 1.82) is 0 Å². The van der Waals surface area contributed by atoms with Crippen LogP contribution in [0.5, 0.6) is 0 Å². The van der Waals surface area contributed by atoms with Crippen LogP contribution in [0.1, 0.15) is 25.5 Å². The van der Waals surface area contributed by atoms with Crippen molar-refractivity contribution in [3.63, 3.8) is 0 Å². The van der Waals surface area contributed by atoms with Gasteiger partial charge in [0.05, 0.1) is 15.7 Å². The van der Waals surface area contributed by atoms with Crippen LogP contribution in [0.2, 0.25) is 10.0 Å². The van der Waals surface area contributed by atoms with Gasteiger partial charge in [0.1, 0.15) is 0 Å². The molecule has 32 heavy (non-hydrogen) atoms. The second-order valence-corrected chi connectivity index (χ2v) is 8.82. The Balaban J connectivity index is 1.42. The van der Waals surface area contributed by atoms with Crippen molar-refractivity contribution in [2.75, 3.05) is 24.5 Å². The minimum absolute atomic E-state index is 0.0733. The minimum atomic E-state index is -1.35. The summed E-state index contributed by atoms with van der Waals surface area (Å²) in [5.74, 6) is -0.568. The third kappa shape index (κ3) is 4.25. The Hall–Kier alpha value is -2.84. The first-order valence-electron chi connectivity index (χ1n) is 10.3. The van der Waals surface area contributed by atoms with Gasteiger partial charge in [0.15, 0.2) is 5.54 Å². The maximum atomic E-state index is 13.0. The Labute approximate surface area is 195 Å². The largest absolute Gasteiger partial charge is 0.365 e. The number of amides is 4. The molecular formula is C22H23Cl2N5O3. The van der Waals surface area contributed by atoms with Crippen LogP contribution in [0.3, 0.4) is 0 Å². The Bertz CT molecular complexity index is 1050. The van der Waals surface area contributed by atoms with Crippen molar-refractivity contribution in [2.24, 2.45) is 0 Å². The van der Waals surface area contributed by atoms with Crippen molar-refractivity contribution in [2.45, 2.75) is 31.3 Å². The Morgan fingerprint density at radius 1 is 1.19 bits per heavy atom. The molecule has 0 saturated carbocycles. The van der Waals surface area contributed by atoms with Gasteiger partial charge in [0, 0.05) is 44.0 Å². The molecule has 1 aromatic heterocycles. The van der Waals surface area contributed by atoms with Gasteiger partial charge in [0.25, 0.3) is 5.91 Å². The number of nitrogens with zero attached hydrogens (tertiary/aromatic N) is 3. The molecule has 4 amide bonds. The van der Waals surface area contributed by atoms with E-state index in [0.717, 1.165) is 5.69 Å². The summed E-state index contributed by atoms with van der Waals surface area (Å²) in [5, 5.41) is 5.94. The number of halogens is 2. The van der Waals surface area contributed by atoms with E-state index in [9.17, 15) is 14.4 Å². The van der Waals surface area contributed by atoms with Crippen molar-refractivity contribution in [3.8, 4) is 0 Å². The molecule has 1 unspecified atom stereocenters. The molecule has 3 heterocycles. The third-order valence-corrected chi connectivity index (χ3v) is 6.71. The van der Waals surface area contributed by atoms with E-state index in [1.807, 2.05) is 19.1 Å². The van der Waals surface area contributed by atoms with E-state index >= 15 is 0 Å². The number of nitrogens with one attached hydrogen (secondary N) is 2. The SMILES string of the molecule is C[C@H]1CN(C(=O)CCC2(c3ccccn3)NC(=O)NC2=O)CCN1c1ccc(Cl)c(Cl)c1. The molecule has 2 aromatic rings. The first-order valence-corrected chi connectivity index (χ1v) is 11.1. The third-order valence-electron chi connectivity index (χ3n) is 5.97. The maximum Gasteiger partial charge on any atom is 0.322 e. The number of aromatic nitrogens is 1. The Morgan fingerprint density at radius 2 is 2.00 bits per heavy atom. The minimum Gasteiger partial charge on any atom is -0.365 e. The smallest absolute Gasteiger partial charge is 0.322 e. The van der Waals surface area contributed by atoms with Gasteiger partial charge >= 0.3 is 6.03 Å². The van der Waals surface area contributed by atoms with Crippen LogP contribution in [0.4, 0.5) is 10.5 Å². The van der Waals surface area contributed by atoms with Crippen LogP contribution in [0.15, 0.2) is 42.6 Å². The lowest BCUT2D eigenvalue weighted by molar-refractivity contribution is -0.133. The lowest BCUT2D eigenvalue weighted by Gasteiger charge is -2.41. The maximum absolute atomic E-state index is 13.0. The highest BCUT2D eigenvalue weighted by atomic mass is 35.5. The highest BCUT2D eigenvalue weighted by Crippen LogP contribution is 2.31. The summed E-state index contributed by atoms with van der Waals surface area (Å²) in [6.07, 6.45) is 1.78. The topological polar surface area (TPSA) is 94.6 Å². The van der Waals surface area contributed by atoms with E-state index in [-0.39, 0.29) is 24.8 Å². The number of pyridine rings is 1. The molecule has 8 nitrogen and oxygen atoms in total. The average molecular weight is 476 g/mol. The van der Waals surface area contributed by atoms with Crippen LogP contribution in [0.25, 0.3) is 0 Å². The van der Waals surface area contributed by atoms with Gasteiger partial charge in [-0.3, -0.25) is 19.9 Å². The molecule has 2 N–H and O–H groups in total. The van der Waals surface area contributed by atoms with E-state index in [2.05, 4.69) is 20.5 Å². The Kier molecular flexibility index (Phi) is 6.26. The van der Waals surface area contributed by atoms with Crippen molar-refractivity contribution in [1.82, 2.24) is 20.5 Å². The molecule has 1 aromatic carbocycles. The zero-order chi connectivity index (χ0) is 22.9. The first-order chi connectivity index (χ1) is 15.3. The second-order valence-electron chi connectivity index (χ2n) is 8.01. The Morgan fingerprint density at radius 3 is 2.62 bits per heavy atom. The second kappa shape index (κ2) is 8.96. The number of imide groups is 1. The van der Waals surface area contributed by atoms with Gasteiger partial charge in [0.2, 0.25) is 5.91 Å². The van der Waals surface area contributed by atoms with Crippen LogP contribution < -0.4 is 15.5 Å². The summed E-state index contributed by atoms with van der Waals surface area (Å²) in [5.41, 5.74) is 0.0222. The molecule has 2 aliphatic rings. The molecular weight excluding hydrogens is 453 g/mol. The fourth-order valence-corrected chi connectivity index (χ4v) is 4.57. The fraction of sp³-hybridized carbons (Fsp3) is 0.364. The first kappa shape index (κ1) is 22.4. The highest BCUT2D eigenvalue weighted by molar-refractivity contribution is 6.42. The van der Waals surface area contributed by atoms with Crippen molar-refractivity contribution in [3.05, 3.63) is 58.3 Å². The van der Waals surface area contributed by atoms with Crippen molar-refractivity contribution < 1.29 is 14.4 Å². The van der Waals surface area contributed by atoms with Gasteiger partial charge in [-0.25, -0.2) is 4.79 Å². The predicted octanol–water partition coefficient (Wildman–Crippen LogP) is 2.94. The monoisotopic (exact) mass is 475 g/mol. The molecule has 0 radical (unpaired) electrons. The number of rotatable bonds is 5. The number of piperazine rings is 1. The van der Waals surface area contributed by atoms with Crippen LogP contribution in [-0.2, 0) is 15.1 Å². The fourth-order valence-electron chi connectivity index (χ4n) is 4.28. The number of urea groups is 1.